The van der Waals surface area contributed by atoms with Crippen molar-refractivity contribution in [3.8, 4) is 0 Å². The van der Waals surface area contributed by atoms with Crippen LogP contribution < -0.4 is 0 Å². The summed E-state index contributed by atoms with van der Waals surface area (Å²) in [5.41, 5.74) is -0.0000890. The highest BCUT2D eigenvalue weighted by molar-refractivity contribution is 5.83. The van der Waals surface area contributed by atoms with Crippen molar-refractivity contribution in [1.29, 1.82) is 0 Å². The van der Waals surface area contributed by atoms with Crippen LogP contribution in [0.5, 0.6) is 0 Å². The van der Waals surface area contributed by atoms with Crippen molar-refractivity contribution in [2.24, 2.45) is 0 Å². The summed E-state index contributed by atoms with van der Waals surface area (Å²) in [7, 11) is 0. The Morgan fingerprint density at radius 3 is 2.36 bits per heavy atom. The normalized spacial score (nSPS) is 25.7. The van der Waals surface area contributed by atoms with Gasteiger partial charge in [0.1, 0.15) is 12.6 Å². The van der Waals surface area contributed by atoms with Crippen molar-refractivity contribution in [1.82, 2.24) is 4.90 Å². The molecule has 0 bridgehead atoms. The van der Waals surface area contributed by atoms with Gasteiger partial charge in [0.2, 0.25) is 0 Å². The molecule has 0 N–H and O–H groups in total. The number of carbonyl (C=O) groups is 2. The maximum Gasteiger partial charge on any atom is 0.325 e. The molecule has 0 spiro atoms. The van der Waals surface area contributed by atoms with Gasteiger partial charge in [-0.15, -0.1) is 0 Å². The Morgan fingerprint density at radius 1 is 1.43 bits per heavy atom. The lowest BCUT2D eigenvalue weighted by Gasteiger charge is -2.20. The van der Waals surface area contributed by atoms with Crippen LogP contribution in [0.15, 0.2) is 0 Å². The molecule has 0 aromatic carbocycles. The third-order valence-corrected chi connectivity index (χ3v) is 2.16. The van der Waals surface area contributed by atoms with Gasteiger partial charge in [0.05, 0.1) is 0 Å². The fraction of sp³-hybridized carbons (Fsp3) is 0.800. The molecule has 0 aromatic rings. The number of Topliss-reactive ketones (excluding diaryl/α,β-unsaturated/α-hetero) is 1. The van der Waals surface area contributed by atoms with E-state index in [1.807, 2.05) is 25.7 Å². The molecule has 2 atom stereocenters. The topological polar surface area (TPSA) is 46.4 Å². The molecule has 4 heteroatoms. The minimum atomic E-state index is -0.282. The standard InChI is InChI=1S/C10H17NO3/c1-7(12)6-14-9(13)8-5-11(8)10(2,3)4/h8H,5-6H2,1-4H3. The second-order valence-electron chi connectivity index (χ2n) is 4.65. The van der Waals surface area contributed by atoms with Crippen LogP contribution in [0.1, 0.15) is 27.7 Å². The molecule has 0 radical (unpaired) electrons. The molecule has 1 fully saturated rings. The number of carbonyl (C=O) groups excluding carboxylic acids is 2. The van der Waals surface area contributed by atoms with Crippen LogP contribution >= 0.6 is 0 Å². The summed E-state index contributed by atoms with van der Waals surface area (Å²) >= 11 is 0. The molecule has 80 valence electrons. The van der Waals surface area contributed by atoms with Crippen molar-refractivity contribution in [2.75, 3.05) is 13.2 Å². The molecule has 1 aliphatic heterocycles. The predicted molar refractivity (Wildman–Crippen MR) is 51.9 cm³/mol. The molecule has 0 saturated carbocycles. The van der Waals surface area contributed by atoms with E-state index in [0.29, 0.717) is 0 Å². The van der Waals surface area contributed by atoms with Crippen molar-refractivity contribution < 1.29 is 14.3 Å². The Hall–Kier alpha value is -0.900. The third-order valence-electron chi connectivity index (χ3n) is 2.16. The number of esters is 1. The zero-order valence-electron chi connectivity index (χ0n) is 9.16. The first-order valence-electron chi connectivity index (χ1n) is 4.75. The van der Waals surface area contributed by atoms with Crippen LogP contribution in [0.3, 0.4) is 0 Å². The highest BCUT2D eigenvalue weighted by atomic mass is 16.5. The first-order valence-corrected chi connectivity index (χ1v) is 4.75. The van der Waals surface area contributed by atoms with E-state index < -0.39 is 0 Å². The predicted octanol–water partition coefficient (Wildman–Crippen LogP) is 0.601. The maximum atomic E-state index is 11.4. The van der Waals surface area contributed by atoms with Crippen molar-refractivity contribution in [2.45, 2.75) is 39.3 Å². The monoisotopic (exact) mass is 199 g/mol. The molecule has 2 unspecified atom stereocenters. The average Bonchev–Trinajstić information content (AvgIpc) is 2.77. The summed E-state index contributed by atoms with van der Waals surface area (Å²) in [6, 6.07) is -0.144. The van der Waals surface area contributed by atoms with E-state index in [9.17, 15) is 9.59 Å². The van der Waals surface area contributed by atoms with Gasteiger partial charge in [-0.2, -0.15) is 0 Å². The van der Waals surface area contributed by atoms with Crippen LogP contribution in [-0.4, -0.2) is 41.4 Å². The molecule has 0 aromatic heterocycles. The van der Waals surface area contributed by atoms with E-state index in [0.717, 1.165) is 6.54 Å². The number of hydrogen-bond acceptors (Lipinski definition) is 4. The quantitative estimate of drug-likeness (QED) is 0.493. The van der Waals surface area contributed by atoms with Crippen LogP contribution in [0.4, 0.5) is 0 Å². The van der Waals surface area contributed by atoms with Gasteiger partial charge < -0.3 is 4.74 Å². The van der Waals surface area contributed by atoms with E-state index >= 15 is 0 Å². The molecule has 4 nitrogen and oxygen atoms in total. The van der Waals surface area contributed by atoms with Crippen molar-refractivity contribution in [3.05, 3.63) is 0 Å². The minimum Gasteiger partial charge on any atom is -0.456 e. The molecular weight excluding hydrogens is 182 g/mol. The molecule has 0 aliphatic carbocycles. The first-order chi connectivity index (χ1) is 6.32. The van der Waals surface area contributed by atoms with Gasteiger partial charge in [0.15, 0.2) is 5.78 Å². The minimum absolute atomic E-state index is 0.0000890. The number of hydrogen-bond donors (Lipinski definition) is 0. The van der Waals surface area contributed by atoms with Gasteiger partial charge in [-0.05, 0) is 27.7 Å². The second-order valence-corrected chi connectivity index (χ2v) is 4.65. The summed E-state index contributed by atoms with van der Waals surface area (Å²) in [6.07, 6.45) is 0. The fourth-order valence-corrected chi connectivity index (χ4v) is 1.35. The Labute approximate surface area is 84.2 Å². The molecule has 14 heavy (non-hydrogen) atoms. The van der Waals surface area contributed by atoms with E-state index in [2.05, 4.69) is 0 Å². The van der Waals surface area contributed by atoms with Crippen LogP contribution in [0.2, 0.25) is 0 Å². The zero-order valence-corrected chi connectivity index (χ0v) is 9.16. The average molecular weight is 199 g/mol. The highest BCUT2D eigenvalue weighted by Crippen LogP contribution is 2.29. The van der Waals surface area contributed by atoms with Gasteiger partial charge in [-0.25, -0.2) is 0 Å². The molecular formula is C10H17NO3. The number of nitrogens with zero attached hydrogens (tertiary/aromatic N) is 1. The van der Waals surface area contributed by atoms with Gasteiger partial charge in [-0.1, -0.05) is 0 Å². The summed E-state index contributed by atoms with van der Waals surface area (Å²) in [6.45, 7) is 8.18. The van der Waals surface area contributed by atoms with E-state index in [1.54, 1.807) is 0 Å². The fourth-order valence-electron chi connectivity index (χ4n) is 1.35. The molecule has 1 aliphatic rings. The lowest BCUT2D eigenvalue weighted by atomic mass is 10.1. The number of ether oxygens (including phenoxy) is 1. The smallest absolute Gasteiger partial charge is 0.325 e. The van der Waals surface area contributed by atoms with E-state index in [4.69, 9.17) is 4.74 Å². The van der Waals surface area contributed by atoms with Crippen molar-refractivity contribution in [3.63, 3.8) is 0 Å². The Kier molecular flexibility index (Phi) is 2.95. The van der Waals surface area contributed by atoms with Crippen LogP contribution in [0.25, 0.3) is 0 Å². The second kappa shape index (κ2) is 3.69. The Morgan fingerprint density at radius 2 is 2.00 bits per heavy atom. The van der Waals surface area contributed by atoms with E-state index in [1.165, 1.54) is 6.92 Å². The van der Waals surface area contributed by atoms with Gasteiger partial charge in [0, 0.05) is 12.1 Å². The van der Waals surface area contributed by atoms with Crippen molar-refractivity contribution >= 4 is 11.8 Å². The molecule has 1 heterocycles. The summed E-state index contributed by atoms with van der Waals surface area (Å²) in [5.74, 6) is -0.406. The third kappa shape index (κ3) is 2.80. The van der Waals surface area contributed by atoms with Crippen LogP contribution in [0, 0.1) is 0 Å². The van der Waals surface area contributed by atoms with Crippen LogP contribution in [-0.2, 0) is 14.3 Å². The maximum absolute atomic E-state index is 11.4. The molecule has 1 rings (SSSR count). The van der Waals surface area contributed by atoms with E-state index in [-0.39, 0.29) is 29.9 Å². The Balaban J connectivity index is 2.33. The zero-order chi connectivity index (χ0) is 10.9. The van der Waals surface area contributed by atoms with Gasteiger partial charge in [0.25, 0.3) is 0 Å². The summed E-state index contributed by atoms with van der Waals surface area (Å²) < 4.78 is 4.82. The summed E-state index contributed by atoms with van der Waals surface area (Å²) in [4.78, 5) is 24.0. The van der Waals surface area contributed by atoms with Gasteiger partial charge in [-0.3, -0.25) is 14.5 Å². The first kappa shape index (κ1) is 11.2. The molecule has 0 amide bonds. The number of rotatable bonds is 3. The SMILES string of the molecule is CC(=O)COC(=O)C1CN1C(C)(C)C. The molecule has 1 saturated heterocycles. The summed E-state index contributed by atoms with van der Waals surface area (Å²) in [5, 5.41) is 0. The number of ketones is 1. The Bertz CT molecular complexity index is 255. The lowest BCUT2D eigenvalue weighted by molar-refractivity contribution is -0.148. The highest BCUT2D eigenvalue weighted by Gasteiger charge is 2.47. The largest absolute Gasteiger partial charge is 0.456 e. The lowest BCUT2D eigenvalue weighted by Crippen LogP contribution is -2.30. The van der Waals surface area contributed by atoms with Gasteiger partial charge >= 0.3 is 5.97 Å².